The van der Waals surface area contributed by atoms with E-state index < -0.39 is 9.84 Å². The lowest BCUT2D eigenvalue weighted by molar-refractivity contribution is 0.0676. The molecule has 1 aromatic rings. The van der Waals surface area contributed by atoms with Crippen molar-refractivity contribution < 1.29 is 13.2 Å². The molecule has 0 N–H and O–H groups in total. The van der Waals surface area contributed by atoms with Crippen LogP contribution < -0.4 is 0 Å². The molecule has 108 valence electrons. The van der Waals surface area contributed by atoms with Gasteiger partial charge in [-0.15, -0.1) is 0 Å². The molecule has 1 heterocycles. The Balaban J connectivity index is 1.88. The molecule has 0 bridgehead atoms. The first-order valence-electron chi connectivity index (χ1n) is 6.78. The molecule has 1 spiro atoms. The molecule has 0 amide bonds. The van der Waals surface area contributed by atoms with Crippen molar-refractivity contribution in [3.05, 3.63) is 34.3 Å². The minimum Gasteiger partial charge on any atom is -0.485 e. The van der Waals surface area contributed by atoms with Gasteiger partial charge < -0.3 is 4.74 Å². The molecular weight excluding hydrogens is 340 g/mol. The lowest BCUT2D eigenvalue weighted by Crippen LogP contribution is -2.23. The van der Waals surface area contributed by atoms with Crippen LogP contribution in [0.5, 0.6) is 0 Å². The molecule has 1 fully saturated rings. The van der Waals surface area contributed by atoms with Crippen molar-refractivity contribution >= 4 is 31.5 Å². The molecule has 20 heavy (non-hydrogen) atoms. The molecule has 0 aromatic heterocycles. The summed E-state index contributed by atoms with van der Waals surface area (Å²) in [5.74, 6) is 0.868. The molecule has 1 saturated carbocycles. The van der Waals surface area contributed by atoms with E-state index in [0.29, 0.717) is 4.90 Å². The summed E-state index contributed by atoms with van der Waals surface area (Å²) in [5.41, 5.74) is 0.914. The Kier molecular flexibility index (Phi) is 3.45. The van der Waals surface area contributed by atoms with E-state index in [1.807, 2.05) is 12.1 Å². The zero-order chi connectivity index (χ0) is 14.4. The molecule has 3 nitrogen and oxygen atoms in total. The number of ether oxygens (including phenoxy) is 1. The number of halogens is 1. The second kappa shape index (κ2) is 4.88. The third kappa shape index (κ3) is 2.53. The predicted molar refractivity (Wildman–Crippen MR) is 82.3 cm³/mol. The fraction of sp³-hybridized carbons (Fsp3) is 0.467. The highest BCUT2D eigenvalue weighted by Crippen LogP contribution is 2.49. The Labute approximate surface area is 128 Å². The van der Waals surface area contributed by atoms with Gasteiger partial charge in [-0.1, -0.05) is 15.9 Å². The van der Waals surface area contributed by atoms with Crippen molar-refractivity contribution in [3.8, 4) is 0 Å². The Morgan fingerprint density at radius 2 is 1.75 bits per heavy atom. The van der Waals surface area contributed by atoms with Crippen molar-refractivity contribution in [1.82, 2.24) is 0 Å². The van der Waals surface area contributed by atoms with E-state index in [2.05, 4.69) is 15.9 Å². The Hall–Kier alpha value is -0.810. The zero-order valence-corrected chi connectivity index (χ0v) is 13.8. The minimum absolute atomic E-state index is 0.0241. The largest absolute Gasteiger partial charge is 0.485 e. The van der Waals surface area contributed by atoms with Gasteiger partial charge in [-0.05, 0) is 49.9 Å². The lowest BCUT2D eigenvalue weighted by atomic mass is 9.99. The van der Waals surface area contributed by atoms with Crippen molar-refractivity contribution in [2.45, 2.75) is 42.6 Å². The summed E-state index contributed by atoms with van der Waals surface area (Å²) in [6.07, 6.45) is 6.80. The number of hydrogen-bond donors (Lipinski definition) is 0. The van der Waals surface area contributed by atoms with E-state index in [-0.39, 0.29) is 5.60 Å². The summed E-state index contributed by atoms with van der Waals surface area (Å²) in [6, 6.07) is 6.92. The Morgan fingerprint density at radius 1 is 1.15 bits per heavy atom. The SMILES string of the molecule is CS(=O)(=O)c1ccc(C2=C(Br)CC3(CCCC3)O2)cc1. The molecule has 5 heteroatoms. The highest BCUT2D eigenvalue weighted by atomic mass is 79.9. The summed E-state index contributed by atoms with van der Waals surface area (Å²) in [4.78, 5) is 0.339. The van der Waals surface area contributed by atoms with Crippen LogP contribution in [0.2, 0.25) is 0 Å². The third-order valence-electron chi connectivity index (χ3n) is 4.10. The maximum Gasteiger partial charge on any atom is 0.175 e. The van der Waals surface area contributed by atoms with Gasteiger partial charge in [0.2, 0.25) is 0 Å². The Bertz CT molecular complexity index is 653. The lowest BCUT2D eigenvalue weighted by Gasteiger charge is -2.24. The van der Waals surface area contributed by atoms with Crippen LogP contribution in [0.25, 0.3) is 5.76 Å². The molecule has 2 aliphatic rings. The van der Waals surface area contributed by atoms with E-state index in [4.69, 9.17) is 4.74 Å². The summed E-state index contributed by atoms with van der Waals surface area (Å²) in [7, 11) is -3.15. The maximum atomic E-state index is 11.5. The predicted octanol–water partition coefficient (Wildman–Crippen LogP) is 3.89. The normalized spacial score (nSPS) is 21.5. The van der Waals surface area contributed by atoms with Gasteiger partial charge in [0.25, 0.3) is 0 Å². The molecule has 1 aromatic carbocycles. The van der Waals surface area contributed by atoms with Crippen LogP contribution in [0, 0.1) is 0 Å². The molecule has 0 atom stereocenters. The van der Waals surface area contributed by atoms with Gasteiger partial charge in [0.1, 0.15) is 11.4 Å². The standard InChI is InChI=1S/C15H17BrO3S/c1-20(17,18)12-6-4-11(5-7-12)14-13(16)10-15(19-14)8-2-3-9-15/h4-7H,2-3,8-10H2,1H3. The van der Waals surface area contributed by atoms with E-state index in [9.17, 15) is 8.42 Å². The van der Waals surface area contributed by atoms with Crippen molar-refractivity contribution in [1.29, 1.82) is 0 Å². The van der Waals surface area contributed by atoms with Crippen molar-refractivity contribution in [2.24, 2.45) is 0 Å². The topological polar surface area (TPSA) is 43.4 Å². The fourth-order valence-electron chi connectivity index (χ4n) is 3.04. The monoisotopic (exact) mass is 356 g/mol. The highest BCUT2D eigenvalue weighted by molar-refractivity contribution is 9.11. The first-order valence-corrected chi connectivity index (χ1v) is 9.46. The molecule has 0 radical (unpaired) electrons. The first-order chi connectivity index (χ1) is 9.40. The van der Waals surface area contributed by atoms with E-state index >= 15 is 0 Å². The van der Waals surface area contributed by atoms with Crippen molar-refractivity contribution in [3.63, 3.8) is 0 Å². The number of hydrogen-bond acceptors (Lipinski definition) is 3. The third-order valence-corrected chi connectivity index (χ3v) is 5.87. The molecule has 1 aliphatic carbocycles. The summed E-state index contributed by atoms with van der Waals surface area (Å²) < 4.78 is 30.3. The van der Waals surface area contributed by atoms with Gasteiger partial charge in [0, 0.05) is 22.7 Å². The summed E-state index contributed by atoms with van der Waals surface area (Å²) in [6.45, 7) is 0. The highest BCUT2D eigenvalue weighted by Gasteiger charge is 2.42. The van der Waals surface area contributed by atoms with Gasteiger partial charge in [-0.2, -0.15) is 0 Å². The van der Waals surface area contributed by atoms with Crippen LogP contribution in [0.4, 0.5) is 0 Å². The van der Waals surface area contributed by atoms with E-state index in [1.54, 1.807) is 12.1 Å². The smallest absolute Gasteiger partial charge is 0.175 e. The van der Waals surface area contributed by atoms with Crippen LogP contribution in [0.15, 0.2) is 33.6 Å². The molecule has 1 aliphatic heterocycles. The van der Waals surface area contributed by atoms with Crippen molar-refractivity contribution in [2.75, 3.05) is 6.26 Å². The number of benzene rings is 1. The summed E-state index contributed by atoms with van der Waals surface area (Å²) >= 11 is 3.62. The fourth-order valence-corrected chi connectivity index (χ4v) is 4.49. The van der Waals surface area contributed by atoms with Crippen LogP contribution in [-0.2, 0) is 14.6 Å². The van der Waals surface area contributed by atoms with Crippen LogP contribution in [0.1, 0.15) is 37.7 Å². The van der Waals surface area contributed by atoms with Crippen LogP contribution in [0.3, 0.4) is 0 Å². The van der Waals surface area contributed by atoms with Crippen LogP contribution in [-0.4, -0.2) is 20.3 Å². The van der Waals surface area contributed by atoms with Gasteiger partial charge in [0.05, 0.1) is 4.90 Å². The van der Waals surface area contributed by atoms with E-state index in [1.165, 1.54) is 19.1 Å². The number of sulfone groups is 1. The average Bonchev–Trinajstić information content (AvgIpc) is 2.96. The number of rotatable bonds is 2. The molecular formula is C15H17BrO3S. The van der Waals surface area contributed by atoms with Gasteiger partial charge >= 0.3 is 0 Å². The zero-order valence-electron chi connectivity index (χ0n) is 11.4. The van der Waals surface area contributed by atoms with E-state index in [0.717, 1.165) is 35.1 Å². The minimum atomic E-state index is -3.15. The molecule has 0 saturated heterocycles. The van der Waals surface area contributed by atoms with Gasteiger partial charge in [-0.3, -0.25) is 0 Å². The second-order valence-electron chi connectivity index (χ2n) is 5.70. The average molecular weight is 357 g/mol. The van der Waals surface area contributed by atoms with Crippen LogP contribution >= 0.6 is 15.9 Å². The first kappa shape index (κ1) is 14.1. The quantitative estimate of drug-likeness (QED) is 0.807. The Morgan fingerprint density at radius 3 is 2.30 bits per heavy atom. The summed E-state index contributed by atoms with van der Waals surface area (Å²) in [5, 5.41) is 0. The maximum absolute atomic E-state index is 11.5. The van der Waals surface area contributed by atoms with Gasteiger partial charge in [0.15, 0.2) is 9.84 Å². The molecule has 3 rings (SSSR count). The van der Waals surface area contributed by atoms with Gasteiger partial charge in [-0.25, -0.2) is 8.42 Å². The second-order valence-corrected chi connectivity index (χ2v) is 8.67. The molecule has 0 unspecified atom stereocenters.